The predicted octanol–water partition coefficient (Wildman–Crippen LogP) is 3.97. The summed E-state index contributed by atoms with van der Waals surface area (Å²) in [5.41, 5.74) is -1.89. The van der Waals surface area contributed by atoms with Crippen molar-refractivity contribution in [2.24, 2.45) is 0 Å². The Labute approximate surface area is 99.3 Å². The maximum atomic E-state index is 12.8. The molecule has 0 saturated heterocycles. The quantitative estimate of drug-likeness (QED) is 0.855. The monoisotopic (exact) mass is 246 g/mol. The van der Waals surface area contributed by atoms with Crippen LogP contribution < -0.4 is 0 Å². The average Bonchev–Trinajstić information content (AvgIpc) is 2.26. The molecule has 1 aromatic carbocycles. The second-order valence-electron chi connectivity index (χ2n) is 4.49. The van der Waals surface area contributed by atoms with Gasteiger partial charge in [0.25, 0.3) is 0 Å². The number of halogens is 3. The molecular weight excluding hydrogens is 229 g/mol. The molecular formula is C13H17F3O. The molecule has 0 aromatic heterocycles. The van der Waals surface area contributed by atoms with Crippen LogP contribution >= 0.6 is 0 Å². The van der Waals surface area contributed by atoms with E-state index in [1.807, 2.05) is 13.8 Å². The van der Waals surface area contributed by atoms with E-state index in [0.29, 0.717) is 0 Å². The van der Waals surface area contributed by atoms with E-state index in [0.717, 1.165) is 5.56 Å². The Hall–Kier alpha value is -1.03. The van der Waals surface area contributed by atoms with E-state index in [-0.39, 0.29) is 11.5 Å². The van der Waals surface area contributed by atoms with Crippen LogP contribution in [-0.2, 0) is 5.60 Å². The van der Waals surface area contributed by atoms with Crippen LogP contribution in [0.5, 0.6) is 0 Å². The van der Waals surface area contributed by atoms with Crippen LogP contribution in [-0.4, -0.2) is 11.3 Å². The normalized spacial score (nSPS) is 16.0. The Morgan fingerprint density at radius 3 is 1.88 bits per heavy atom. The Morgan fingerprint density at radius 2 is 1.59 bits per heavy atom. The summed E-state index contributed by atoms with van der Waals surface area (Å²) in [7, 11) is 0. The zero-order chi connectivity index (χ0) is 13.3. The van der Waals surface area contributed by atoms with E-state index < -0.39 is 18.2 Å². The molecule has 0 saturated carbocycles. The lowest BCUT2D eigenvalue weighted by Gasteiger charge is -2.30. The van der Waals surface area contributed by atoms with Crippen molar-refractivity contribution in [3.8, 4) is 0 Å². The van der Waals surface area contributed by atoms with Crippen molar-refractivity contribution in [2.45, 2.75) is 44.9 Å². The van der Waals surface area contributed by atoms with Crippen molar-refractivity contribution in [1.29, 1.82) is 0 Å². The maximum Gasteiger partial charge on any atom is 0.421 e. The van der Waals surface area contributed by atoms with E-state index in [4.69, 9.17) is 0 Å². The second-order valence-corrected chi connectivity index (χ2v) is 4.49. The Balaban J connectivity index is 3.14. The van der Waals surface area contributed by atoms with Gasteiger partial charge in [-0.25, -0.2) is 0 Å². The van der Waals surface area contributed by atoms with Gasteiger partial charge >= 0.3 is 6.18 Å². The molecule has 0 radical (unpaired) electrons. The van der Waals surface area contributed by atoms with Gasteiger partial charge in [0, 0.05) is 0 Å². The first kappa shape index (κ1) is 14.0. The summed E-state index contributed by atoms with van der Waals surface area (Å²) in [5, 5.41) is 9.73. The molecule has 0 amide bonds. The molecule has 0 aliphatic carbocycles. The SMILES string of the molecule is CCC(O)(c1ccc(C(C)C)cc1)C(F)(F)F. The smallest absolute Gasteiger partial charge is 0.376 e. The molecule has 0 heterocycles. The van der Waals surface area contributed by atoms with Crippen LogP contribution in [0, 0.1) is 0 Å². The fourth-order valence-corrected chi connectivity index (χ4v) is 1.71. The summed E-state index contributed by atoms with van der Waals surface area (Å²) in [6, 6.07) is 5.97. The highest BCUT2D eigenvalue weighted by Crippen LogP contribution is 2.41. The van der Waals surface area contributed by atoms with Crippen molar-refractivity contribution < 1.29 is 18.3 Å². The molecule has 1 atom stereocenters. The van der Waals surface area contributed by atoms with Gasteiger partial charge in [0.2, 0.25) is 0 Å². The number of hydrogen-bond acceptors (Lipinski definition) is 1. The minimum absolute atomic E-state index is 0.100. The molecule has 17 heavy (non-hydrogen) atoms. The second kappa shape index (κ2) is 4.69. The van der Waals surface area contributed by atoms with E-state index in [1.54, 1.807) is 12.1 Å². The fourth-order valence-electron chi connectivity index (χ4n) is 1.71. The lowest BCUT2D eigenvalue weighted by molar-refractivity contribution is -0.267. The van der Waals surface area contributed by atoms with Gasteiger partial charge in [0.05, 0.1) is 0 Å². The van der Waals surface area contributed by atoms with Crippen molar-refractivity contribution in [1.82, 2.24) is 0 Å². The van der Waals surface area contributed by atoms with Gasteiger partial charge in [-0.2, -0.15) is 13.2 Å². The molecule has 0 spiro atoms. The highest BCUT2D eigenvalue weighted by atomic mass is 19.4. The summed E-state index contributed by atoms with van der Waals surface area (Å²) < 4.78 is 38.4. The third-order valence-corrected chi connectivity index (χ3v) is 3.04. The minimum Gasteiger partial charge on any atom is -0.376 e. The molecule has 0 aliphatic rings. The molecule has 0 bridgehead atoms. The van der Waals surface area contributed by atoms with E-state index >= 15 is 0 Å². The summed E-state index contributed by atoms with van der Waals surface area (Å²) in [4.78, 5) is 0. The standard InChI is InChI=1S/C13H17F3O/c1-4-12(17,13(14,15)16)11-7-5-10(6-8-11)9(2)3/h5-9,17H,4H2,1-3H3. The summed E-state index contributed by atoms with van der Waals surface area (Å²) in [5.74, 6) is 0.254. The lowest BCUT2D eigenvalue weighted by Crippen LogP contribution is -2.41. The van der Waals surface area contributed by atoms with Gasteiger partial charge in [-0.1, -0.05) is 45.0 Å². The molecule has 96 valence electrons. The van der Waals surface area contributed by atoms with Crippen LogP contribution in [0.1, 0.15) is 44.2 Å². The van der Waals surface area contributed by atoms with Crippen molar-refractivity contribution in [3.05, 3.63) is 35.4 Å². The van der Waals surface area contributed by atoms with Crippen molar-refractivity contribution >= 4 is 0 Å². The highest BCUT2D eigenvalue weighted by Gasteiger charge is 2.53. The minimum atomic E-state index is -4.65. The van der Waals surface area contributed by atoms with Crippen molar-refractivity contribution in [2.75, 3.05) is 0 Å². The summed E-state index contributed by atoms with van der Waals surface area (Å²) in [6.45, 7) is 5.25. The first-order chi connectivity index (χ1) is 7.72. The van der Waals surface area contributed by atoms with E-state index in [1.165, 1.54) is 19.1 Å². The topological polar surface area (TPSA) is 20.2 Å². The molecule has 4 heteroatoms. The largest absolute Gasteiger partial charge is 0.421 e. The van der Waals surface area contributed by atoms with Gasteiger partial charge in [-0.05, 0) is 23.5 Å². The Bertz CT molecular complexity index is 367. The van der Waals surface area contributed by atoms with Crippen LogP contribution in [0.2, 0.25) is 0 Å². The first-order valence-electron chi connectivity index (χ1n) is 5.62. The zero-order valence-corrected chi connectivity index (χ0v) is 10.2. The maximum absolute atomic E-state index is 12.8. The first-order valence-corrected chi connectivity index (χ1v) is 5.62. The molecule has 0 aliphatic heterocycles. The summed E-state index contributed by atoms with van der Waals surface area (Å²) >= 11 is 0. The fraction of sp³-hybridized carbons (Fsp3) is 0.538. The Morgan fingerprint density at radius 1 is 1.12 bits per heavy atom. The molecule has 1 unspecified atom stereocenters. The third kappa shape index (κ3) is 2.63. The number of aliphatic hydroxyl groups is 1. The van der Waals surface area contributed by atoms with Gasteiger partial charge < -0.3 is 5.11 Å². The number of alkyl halides is 3. The van der Waals surface area contributed by atoms with Crippen LogP contribution in [0.25, 0.3) is 0 Å². The van der Waals surface area contributed by atoms with Gasteiger partial charge in [-0.3, -0.25) is 0 Å². The zero-order valence-electron chi connectivity index (χ0n) is 10.2. The molecule has 0 fully saturated rings. The molecule has 1 aromatic rings. The molecule has 1 rings (SSSR count). The van der Waals surface area contributed by atoms with Crippen LogP contribution in [0.4, 0.5) is 13.2 Å². The van der Waals surface area contributed by atoms with Gasteiger partial charge in [0.15, 0.2) is 5.60 Å². The van der Waals surface area contributed by atoms with Crippen molar-refractivity contribution in [3.63, 3.8) is 0 Å². The Kier molecular flexibility index (Phi) is 3.87. The molecule has 1 nitrogen and oxygen atoms in total. The highest BCUT2D eigenvalue weighted by molar-refractivity contribution is 5.29. The van der Waals surface area contributed by atoms with Gasteiger partial charge in [0.1, 0.15) is 0 Å². The third-order valence-electron chi connectivity index (χ3n) is 3.04. The van der Waals surface area contributed by atoms with E-state index in [9.17, 15) is 18.3 Å². The average molecular weight is 246 g/mol. The number of hydrogen-bond donors (Lipinski definition) is 1. The predicted molar refractivity (Wildman–Crippen MR) is 60.8 cm³/mol. The number of rotatable bonds is 3. The van der Waals surface area contributed by atoms with Crippen LogP contribution in [0.15, 0.2) is 24.3 Å². The molecule has 1 N–H and O–H groups in total. The van der Waals surface area contributed by atoms with E-state index in [2.05, 4.69) is 0 Å². The number of benzene rings is 1. The van der Waals surface area contributed by atoms with Crippen LogP contribution in [0.3, 0.4) is 0 Å². The lowest BCUT2D eigenvalue weighted by atomic mass is 9.89. The van der Waals surface area contributed by atoms with Gasteiger partial charge in [-0.15, -0.1) is 0 Å². The summed E-state index contributed by atoms with van der Waals surface area (Å²) in [6.07, 6.45) is -5.04.